The summed E-state index contributed by atoms with van der Waals surface area (Å²) in [5.41, 5.74) is 0.388. The molecule has 2 rings (SSSR count). The topological polar surface area (TPSA) is 52.6 Å². The van der Waals surface area contributed by atoms with Gasteiger partial charge in [-0.25, -0.2) is 4.98 Å². The number of piperidine rings is 1. The molecule has 1 aromatic rings. The van der Waals surface area contributed by atoms with Crippen LogP contribution in [0.25, 0.3) is 0 Å². The number of anilines is 1. The van der Waals surface area contributed by atoms with Crippen molar-refractivity contribution in [2.45, 2.75) is 59.4 Å². The van der Waals surface area contributed by atoms with Gasteiger partial charge in [0.1, 0.15) is 5.82 Å². The molecule has 0 radical (unpaired) electrons. The predicted octanol–water partition coefficient (Wildman–Crippen LogP) is 3.43. The Balaban J connectivity index is 1.78. The zero-order chi connectivity index (χ0) is 18.1. The van der Waals surface area contributed by atoms with Gasteiger partial charge in [-0.2, -0.15) is 0 Å². The first-order valence-electron chi connectivity index (χ1n) is 9.69. The van der Waals surface area contributed by atoms with E-state index in [0.717, 1.165) is 57.2 Å². The molecule has 25 heavy (non-hydrogen) atoms. The molecule has 0 atom stereocenters. The van der Waals surface area contributed by atoms with Crippen LogP contribution < -0.4 is 15.5 Å². The molecule has 5 nitrogen and oxygen atoms in total. The van der Waals surface area contributed by atoms with Gasteiger partial charge >= 0.3 is 0 Å². The highest BCUT2D eigenvalue weighted by Gasteiger charge is 2.20. The number of guanidine groups is 1. The van der Waals surface area contributed by atoms with Crippen LogP contribution in [0.4, 0.5) is 5.82 Å². The second-order valence-electron chi connectivity index (χ2n) is 8.02. The Hall–Kier alpha value is -1.78. The Morgan fingerprint density at radius 1 is 1.28 bits per heavy atom. The molecule has 0 aliphatic carbocycles. The smallest absolute Gasteiger partial charge is 0.191 e. The number of nitrogens with one attached hydrogen (secondary N) is 2. The van der Waals surface area contributed by atoms with Gasteiger partial charge in [-0.15, -0.1) is 0 Å². The Morgan fingerprint density at radius 2 is 2.04 bits per heavy atom. The van der Waals surface area contributed by atoms with Crippen LogP contribution in [0.3, 0.4) is 0 Å². The first-order chi connectivity index (χ1) is 12.0. The van der Waals surface area contributed by atoms with E-state index >= 15 is 0 Å². The molecule has 0 bridgehead atoms. The van der Waals surface area contributed by atoms with Crippen molar-refractivity contribution in [2.24, 2.45) is 10.4 Å². The lowest BCUT2D eigenvalue weighted by Crippen LogP contribution is -2.49. The summed E-state index contributed by atoms with van der Waals surface area (Å²) in [7, 11) is 0. The largest absolute Gasteiger partial charge is 0.357 e. The van der Waals surface area contributed by atoms with Gasteiger partial charge < -0.3 is 15.5 Å². The van der Waals surface area contributed by atoms with Crippen molar-refractivity contribution in [1.29, 1.82) is 0 Å². The molecule has 0 spiro atoms. The van der Waals surface area contributed by atoms with Gasteiger partial charge in [0, 0.05) is 38.4 Å². The molecule has 0 saturated carbocycles. The minimum atomic E-state index is 0.388. The van der Waals surface area contributed by atoms with Crippen LogP contribution in [-0.4, -0.2) is 43.2 Å². The summed E-state index contributed by atoms with van der Waals surface area (Å²) < 4.78 is 0. The fourth-order valence-electron chi connectivity index (χ4n) is 3.11. The van der Waals surface area contributed by atoms with Crippen molar-refractivity contribution in [3.63, 3.8) is 0 Å². The van der Waals surface area contributed by atoms with Crippen LogP contribution >= 0.6 is 0 Å². The summed E-state index contributed by atoms with van der Waals surface area (Å²) in [5.74, 6) is 2.05. The fourth-order valence-corrected chi connectivity index (χ4v) is 3.11. The Kier molecular flexibility index (Phi) is 7.53. The number of aromatic nitrogens is 1. The van der Waals surface area contributed by atoms with Crippen molar-refractivity contribution >= 4 is 11.8 Å². The van der Waals surface area contributed by atoms with E-state index in [-0.39, 0.29) is 0 Å². The molecule has 1 aromatic heterocycles. The molecule has 1 fully saturated rings. The highest BCUT2D eigenvalue weighted by Crippen LogP contribution is 2.20. The normalized spacial score (nSPS) is 16.8. The van der Waals surface area contributed by atoms with Gasteiger partial charge in [-0.3, -0.25) is 4.99 Å². The van der Waals surface area contributed by atoms with Crippen molar-refractivity contribution in [3.8, 4) is 0 Å². The third-order valence-corrected chi connectivity index (χ3v) is 4.51. The molecular weight excluding hydrogens is 310 g/mol. The molecule has 2 heterocycles. The van der Waals surface area contributed by atoms with Gasteiger partial charge in [-0.1, -0.05) is 26.8 Å². The number of rotatable bonds is 6. The molecule has 1 aliphatic rings. The Bertz CT molecular complexity index is 513. The highest BCUT2D eigenvalue weighted by molar-refractivity contribution is 5.80. The number of hydrogen-bond acceptors (Lipinski definition) is 3. The molecular formula is C20H35N5. The minimum absolute atomic E-state index is 0.388. The number of aliphatic imine (C=N–C) groups is 1. The zero-order valence-corrected chi connectivity index (χ0v) is 16.4. The predicted molar refractivity (Wildman–Crippen MR) is 107 cm³/mol. The van der Waals surface area contributed by atoms with Crippen LogP contribution in [0.15, 0.2) is 29.4 Å². The van der Waals surface area contributed by atoms with Crippen molar-refractivity contribution in [3.05, 3.63) is 24.4 Å². The molecule has 0 unspecified atom stereocenters. The van der Waals surface area contributed by atoms with Gasteiger partial charge in [0.2, 0.25) is 0 Å². The van der Waals surface area contributed by atoms with E-state index in [1.54, 1.807) is 0 Å². The van der Waals surface area contributed by atoms with Gasteiger partial charge in [0.05, 0.1) is 0 Å². The van der Waals surface area contributed by atoms with E-state index in [2.05, 4.69) is 60.3 Å². The zero-order valence-electron chi connectivity index (χ0n) is 16.4. The average Bonchev–Trinajstić information content (AvgIpc) is 2.59. The highest BCUT2D eigenvalue weighted by atomic mass is 15.2. The summed E-state index contributed by atoms with van der Waals surface area (Å²) in [5, 5.41) is 7.00. The summed E-state index contributed by atoms with van der Waals surface area (Å²) in [6.07, 6.45) is 6.44. The number of nitrogens with zero attached hydrogens (tertiary/aromatic N) is 3. The Morgan fingerprint density at radius 3 is 2.64 bits per heavy atom. The van der Waals surface area contributed by atoms with Crippen LogP contribution in [0, 0.1) is 5.41 Å². The molecule has 2 N–H and O–H groups in total. The maximum atomic E-state index is 4.76. The monoisotopic (exact) mass is 345 g/mol. The van der Waals surface area contributed by atoms with E-state index in [1.165, 1.54) is 6.42 Å². The maximum Gasteiger partial charge on any atom is 0.191 e. The summed E-state index contributed by atoms with van der Waals surface area (Å²) in [4.78, 5) is 11.6. The number of hydrogen-bond donors (Lipinski definition) is 2. The average molecular weight is 346 g/mol. The summed E-state index contributed by atoms with van der Waals surface area (Å²) in [6.45, 7) is 12.9. The molecule has 0 aromatic carbocycles. The van der Waals surface area contributed by atoms with Crippen molar-refractivity contribution < 1.29 is 0 Å². The third-order valence-electron chi connectivity index (χ3n) is 4.51. The van der Waals surface area contributed by atoms with Crippen LogP contribution in [-0.2, 0) is 0 Å². The lowest BCUT2D eigenvalue weighted by atomic mass is 9.91. The van der Waals surface area contributed by atoms with E-state index in [9.17, 15) is 0 Å². The van der Waals surface area contributed by atoms with Crippen LogP contribution in [0.2, 0.25) is 0 Å². The fraction of sp³-hybridized carbons (Fsp3) is 0.700. The van der Waals surface area contributed by atoms with Crippen molar-refractivity contribution in [1.82, 2.24) is 15.6 Å². The van der Waals surface area contributed by atoms with E-state index in [1.807, 2.05) is 12.3 Å². The maximum absolute atomic E-state index is 4.76. The second-order valence-corrected chi connectivity index (χ2v) is 8.02. The van der Waals surface area contributed by atoms with Crippen LogP contribution in [0.1, 0.15) is 53.4 Å². The van der Waals surface area contributed by atoms with E-state index < -0.39 is 0 Å². The quantitative estimate of drug-likeness (QED) is 0.471. The van der Waals surface area contributed by atoms with Crippen molar-refractivity contribution in [2.75, 3.05) is 31.1 Å². The second kappa shape index (κ2) is 9.64. The molecule has 5 heteroatoms. The minimum Gasteiger partial charge on any atom is -0.357 e. The van der Waals surface area contributed by atoms with Gasteiger partial charge in [0.15, 0.2) is 5.96 Å². The van der Waals surface area contributed by atoms with E-state index in [4.69, 9.17) is 4.99 Å². The van der Waals surface area contributed by atoms with Gasteiger partial charge in [-0.05, 0) is 50.2 Å². The third kappa shape index (κ3) is 7.32. The van der Waals surface area contributed by atoms with E-state index in [0.29, 0.717) is 11.5 Å². The summed E-state index contributed by atoms with van der Waals surface area (Å²) >= 11 is 0. The first kappa shape index (κ1) is 19.5. The SMILES string of the molecule is CCNC(=NCCCC(C)(C)C)NC1CCN(c2ccccn2)CC1. The summed E-state index contributed by atoms with van der Waals surface area (Å²) in [6, 6.07) is 6.60. The molecule has 1 saturated heterocycles. The van der Waals surface area contributed by atoms with Crippen LogP contribution in [0.5, 0.6) is 0 Å². The molecule has 140 valence electrons. The standard InChI is InChI=1S/C20H35N5/c1-5-21-19(23-14-8-12-20(2,3)4)24-17-10-15-25(16-11-17)18-9-6-7-13-22-18/h6-7,9,13,17H,5,8,10-12,14-16H2,1-4H3,(H2,21,23,24). The lowest BCUT2D eigenvalue weighted by Gasteiger charge is -2.33. The molecule has 1 aliphatic heterocycles. The van der Waals surface area contributed by atoms with Gasteiger partial charge in [0.25, 0.3) is 0 Å². The number of pyridine rings is 1. The Labute approximate surface area is 153 Å². The molecule has 0 amide bonds. The lowest BCUT2D eigenvalue weighted by molar-refractivity contribution is 0.368. The first-order valence-corrected chi connectivity index (χ1v) is 9.69.